The molecule has 0 aromatic heterocycles. The maximum absolute atomic E-state index is 12.8. The van der Waals surface area contributed by atoms with Gasteiger partial charge in [0.05, 0.1) is 17.9 Å². The van der Waals surface area contributed by atoms with Crippen LogP contribution in [0.15, 0.2) is 18.2 Å². The molecule has 0 bridgehead atoms. The highest BCUT2D eigenvalue weighted by atomic mass is 19.1. The third-order valence-electron chi connectivity index (χ3n) is 2.90. The largest absolute Gasteiger partial charge is 0.397 e. The van der Waals surface area contributed by atoms with Crippen LogP contribution in [-0.4, -0.2) is 30.4 Å². The number of nitrogens with zero attached hydrogens (tertiary/aromatic N) is 1. The summed E-state index contributed by atoms with van der Waals surface area (Å²) < 4.78 is 12.8. The van der Waals surface area contributed by atoms with Crippen LogP contribution in [0.2, 0.25) is 0 Å². The first kappa shape index (κ1) is 11.7. The number of amides is 1. The number of rotatable bonds is 3. The van der Waals surface area contributed by atoms with Crippen LogP contribution in [0.1, 0.15) is 12.8 Å². The van der Waals surface area contributed by atoms with Crippen molar-refractivity contribution in [2.45, 2.75) is 12.8 Å². The number of halogens is 1. The van der Waals surface area contributed by atoms with Crippen molar-refractivity contribution in [2.24, 2.45) is 0 Å². The van der Waals surface area contributed by atoms with Gasteiger partial charge in [0.2, 0.25) is 5.91 Å². The minimum atomic E-state index is -0.376. The second-order valence-electron chi connectivity index (χ2n) is 4.17. The van der Waals surface area contributed by atoms with Crippen molar-refractivity contribution in [1.29, 1.82) is 0 Å². The van der Waals surface area contributed by atoms with Crippen LogP contribution in [0.4, 0.5) is 15.8 Å². The van der Waals surface area contributed by atoms with E-state index in [2.05, 4.69) is 5.32 Å². The zero-order valence-electron chi connectivity index (χ0n) is 9.58. The summed E-state index contributed by atoms with van der Waals surface area (Å²) >= 11 is 0. The van der Waals surface area contributed by atoms with Crippen molar-refractivity contribution in [3.05, 3.63) is 24.0 Å². The quantitative estimate of drug-likeness (QED) is 0.782. The minimum absolute atomic E-state index is 0.0613. The molecule has 0 radical (unpaired) electrons. The Morgan fingerprint density at radius 1 is 1.41 bits per heavy atom. The minimum Gasteiger partial charge on any atom is -0.397 e. The van der Waals surface area contributed by atoms with E-state index in [-0.39, 0.29) is 18.3 Å². The summed E-state index contributed by atoms with van der Waals surface area (Å²) in [6.45, 7) is 1.87. The highest BCUT2D eigenvalue weighted by Crippen LogP contribution is 2.19. The van der Waals surface area contributed by atoms with Gasteiger partial charge in [-0.25, -0.2) is 4.39 Å². The van der Waals surface area contributed by atoms with Gasteiger partial charge in [0.1, 0.15) is 5.82 Å². The number of likely N-dealkylation sites (tertiary alicyclic amines) is 1. The molecule has 1 fully saturated rings. The van der Waals surface area contributed by atoms with E-state index in [9.17, 15) is 9.18 Å². The van der Waals surface area contributed by atoms with Gasteiger partial charge in [0.15, 0.2) is 0 Å². The van der Waals surface area contributed by atoms with Crippen molar-refractivity contribution < 1.29 is 9.18 Å². The van der Waals surface area contributed by atoms with E-state index in [1.165, 1.54) is 12.1 Å². The Balaban J connectivity index is 1.90. The average molecular weight is 237 g/mol. The van der Waals surface area contributed by atoms with Crippen molar-refractivity contribution in [2.75, 3.05) is 30.7 Å². The lowest BCUT2D eigenvalue weighted by molar-refractivity contribution is -0.128. The highest BCUT2D eigenvalue weighted by molar-refractivity contribution is 5.82. The Morgan fingerprint density at radius 3 is 2.76 bits per heavy atom. The molecule has 1 heterocycles. The number of carbonyl (C=O) groups is 1. The third kappa shape index (κ3) is 2.87. The molecule has 0 spiro atoms. The molecule has 92 valence electrons. The van der Waals surface area contributed by atoms with Gasteiger partial charge in [-0.1, -0.05) is 0 Å². The van der Waals surface area contributed by atoms with Gasteiger partial charge in [-0.2, -0.15) is 0 Å². The lowest BCUT2D eigenvalue weighted by Crippen LogP contribution is -2.33. The number of nitrogens with two attached hydrogens (primary N) is 1. The molecule has 4 nitrogen and oxygen atoms in total. The Bertz CT molecular complexity index is 416. The first-order chi connectivity index (χ1) is 8.16. The van der Waals surface area contributed by atoms with Gasteiger partial charge in [0.25, 0.3) is 0 Å². The summed E-state index contributed by atoms with van der Waals surface area (Å²) in [6, 6.07) is 4.10. The predicted molar refractivity (Wildman–Crippen MR) is 65.1 cm³/mol. The second kappa shape index (κ2) is 5.03. The fourth-order valence-electron chi connectivity index (χ4n) is 1.94. The first-order valence-electron chi connectivity index (χ1n) is 5.73. The molecular weight excluding hydrogens is 221 g/mol. The summed E-state index contributed by atoms with van der Waals surface area (Å²) in [5.41, 5.74) is 6.55. The molecule has 1 aliphatic heterocycles. The predicted octanol–water partition coefficient (Wildman–Crippen LogP) is 1.44. The summed E-state index contributed by atoms with van der Waals surface area (Å²) in [6.07, 6.45) is 2.15. The SMILES string of the molecule is Nc1cc(F)ccc1NCC(=O)N1CCCC1. The normalized spacial score (nSPS) is 15.0. The Hall–Kier alpha value is -1.78. The molecule has 0 unspecified atom stereocenters. The highest BCUT2D eigenvalue weighted by Gasteiger charge is 2.17. The Labute approximate surface area is 99.6 Å². The molecule has 2 rings (SSSR count). The van der Waals surface area contributed by atoms with E-state index in [4.69, 9.17) is 5.73 Å². The van der Waals surface area contributed by atoms with Gasteiger partial charge in [-0.05, 0) is 31.0 Å². The zero-order chi connectivity index (χ0) is 12.3. The number of nitrogen functional groups attached to an aromatic ring is 1. The molecule has 1 aromatic rings. The molecule has 1 saturated heterocycles. The van der Waals surface area contributed by atoms with E-state index < -0.39 is 0 Å². The fraction of sp³-hybridized carbons (Fsp3) is 0.417. The smallest absolute Gasteiger partial charge is 0.241 e. The second-order valence-corrected chi connectivity index (χ2v) is 4.17. The maximum Gasteiger partial charge on any atom is 0.241 e. The summed E-state index contributed by atoms with van der Waals surface area (Å²) in [5, 5.41) is 2.93. The zero-order valence-corrected chi connectivity index (χ0v) is 9.58. The van der Waals surface area contributed by atoms with E-state index in [1.807, 2.05) is 4.90 Å². The van der Waals surface area contributed by atoms with E-state index in [0.29, 0.717) is 11.4 Å². The van der Waals surface area contributed by atoms with E-state index >= 15 is 0 Å². The molecule has 0 aliphatic carbocycles. The van der Waals surface area contributed by atoms with Crippen LogP contribution < -0.4 is 11.1 Å². The van der Waals surface area contributed by atoms with Gasteiger partial charge in [-0.3, -0.25) is 4.79 Å². The topological polar surface area (TPSA) is 58.4 Å². The van der Waals surface area contributed by atoms with Crippen LogP contribution in [0.25, 0.3) is 0 Å². The summed E-state index contributed by atoms with van der Waals surface area (Å²) in [4.78, 5) is 13.6. The molecule has 17 heavy (non-hydrogen) atoms. The average Bonchev–Trinajstić information content (AvgIpc) is 2.81. The molecular formula is C12H16FN3O. The number of benzene rings is 1. The lowest BCUT2D eigenvalue weighted by Gasteiger charge is -2.16. The standard InChI is InChI=1S/C12H16FN3O/c13-9-3-4-11(10(14)7-9)15-8-12(17)16-5-1-2-6-16/h3-4,7,15H,1-2,5-6,8,14H2. The molecule has 0 atom stereocenters. The van der Waals surface area contributed by atoms with Crippen molar-refractivity contribution >= 4 is 17.3 Å². The van der Waals surface area contributed by atoms with Gasteiger partial charge in [0, 0.05) is 13.1 Å². The first-order valence-corrected chi connectivity index (χ1v) is 5.73. The molecule has 3 N–H and O–H groups in total. The Kier molecular flexibility index (Phi) is 3.46. The monoisotopic (exact) mass is 237 g/mol. The van der Waals surface area contributed by atoms with Crippen LogP contribution in [0.3, 0.4) is 0 Å². The number of hydrogen-bond donors (Lipinski definition) is 2. The van der Waals surface area contributed by atoms with E-state index in [0.717, 1.165) is 25.9 Å². The maximum atomic E-state index is 12.8. The molecule has 0 saturated carbocycles. The van der Waals surface area contributed by atoms with Crippen molar-refractivity contribution in [3.8, 4) is 0 Å². The van der Waals surface area contributed by atoms with Gasteiger partial charge >= 0.3 is 0 Å². The van der Waals surface area contributed by atoms with Gasteiger partial charge in [-0.15, -0.1) is 0 Å². The van der Waals surface area contributed by atoms with Crippen LogP contribution in [0, 0.1) is 5.82 Å². The van der Waals surface area contributed by atoms with E-state index in [1.54, 1.807) is 6.07 Å². The van der Waals surface area contributed by atoms with Crippen LogP contribution in [0.5, 0.6) is 0 Å². The number of hydrogen-bond acceptors (Lipinski definition) is 3. The number of nitrogens with one attached hydrogen (secondary N) is 1. The molecule has 1 aliphatic rings. The summed E-state index contributed by atoms with van der Waals surface area (Å²) in [5.74, 6) is -0.315. The molecule has 1 aromatic carbocycles. The third-order valence-corrected chi connectivity index (χ3v) is 2.90. The fourth-order valence-corrected chi connectivity index (χ4v) is 1.94. The number of anilines is 2. The van der Waals surface area contributed by atoms with Gasteiger partial charge < -0.3 is 16.0 Å². The van der Waals surface area contributed by atoms with Crippen LogP contribution in [-0.2, 0) is 4.79 Å². The van der Waals surface area contributed by atoms with Crippen LogP contribution >= 0.6 is 0 Å². The summed E-state index contributed by atoms with van der Waals surface area (Å²) in [7, 11) is 0. The van der Waals surface area contributed by atoms with Crippen molar-refractivity contribution in [3.63, 3.8) is 0 Å². The molecule has 1 amide bonds. The number of carbonyl (C=O) groups excluding carboxylic acids is 1. The Morgan fingerprint density at radius 2 is 2.12 bits per heavy atom. The lowest BCUT2D eigenvalue weighted by atomic mass is 10.2. The van der Waals surface area contributed by atoms with Crippen molar-refractivity contribution in [1.82, 2.24) is 4.90 Å². The molecule has 5 heteroatoms.